The molecule has 1 aromatic heterocycles. The van der Waals surface area contributed by atoms with Gasteiger partial charge in [0, 0.05) is 18.4 Å². The summed E-state index contributed by atoms with van der Waals surface area (Å²) in [5.74, 6) is -0.304. The zero-order valence-electron chi connectivity index (χ0n) is 16.1. The van der Waals surface area contributed by atoms with Crippen LogP contribution in [0.15, 0.2) is 70.6 Å². The van der Waals surface area contributed by atoms with Crippen LogP contribution in [-0.2, 0) is 16.4 Å². The lowest BCUT2D eigenvalue weighted by Crippen LogP contribution is -2.17. The van der Waals surface area contributed by atoms with Gasteiger partial charge in [0.2, 0.25) is 0 Å². The molecule has 0 spiro atoms. The summed E-state index contributed by atoms with van der Waals surface area (Å²) in [5, 5.41) is 1.86. The van der Waals surface area contributed by atoms with Crippen molar-refractivity contribution in [1.82, 2.24) is 4.57 Å². The first-order valence-electron chi connectivity index (χ1n) is 9.29. The minimum Gasteiger partial charge on any atom is -0.316 e. The van der Waals surface area contributed by atoms with E-state index in [2.05, 4.69) is 11.9 Å². The van der Waals surface area contributed by atoms with Crippen LogP contribution in [0.2, 0.25) is 0 Å². The van der Waals surface area contributed by atoms with E-state index in [0.29, 0.717) is 16.9 Å². The molecule has 4 aromatic rings. The fourth-order valence-electron chi connectivity index (χ4n) is 3.37. The number of benzene rings is 3. The van der Waals surface area contributed by atoms with Crippen molar-refractivity contribution in [2.75, 3.05) is 6.26 Å². The van der Waals surface area contributed by atoms with E-state index in [1.54, 1.807) is 24.3 Å². The molecule has 0 bridgehead atoms. The van der Waals surface area contributed by atoms with Gasteiger partial charge in [0.15, 0.2) is 14.6 Å². The maximum Gasteiger partial charge on any atom is 0.280 e. The first kappa shape index (κ1) is 19.5. The number of rotatable bonds is 4. The predicted octanol–water partition coefficient (Wildman–Crippen LogP) is 4.41. The van der Waals surface area contributed by atoms with E-state index in [1.165, 1.54) is 17.6 Å². The normalized spacial score (nSPS) is 12.7. The van der Waals surface area contributed by atoms with Crippen molar-refractivity contribution in [1.29, 1.82) is 0 Å². The maximum absolute atomic E-state index is 13.0. The third-order valence-corrected chi connectivity index (χ3v) is 6.90. The average Bonchev–Trinajstić information content (AvgIpc) is 3.03. The molecule has 3 aromatic carbocycles. The SMILES string of the molecule is CCCn1c(=NC(=O)c2cccc3ccccc23)sc2cc(S(C)(=O)=O)ccc21. The number of hydrogen-bond acceptors (Lipinski definition) is 4. The van der Waals surface area contributed by atoms with Crippen LogP contribution in [0.3, 0.4) is 0 Å². The van der Waals surface area contributed by atoms with Crippen molar-refractivity contribution < 1.29 is 13.2 Å². The second kappa shape index (κ2) is 7.57. The minimum atomic E-state index is -3.30. The Morgan fingerprint density at radius 1 is 1.07 bits per heavy atom. The average molecular weight is 425 g/mol. The summed E-state index contributed by atoms with van der Waals surface area (Å²) in [5.41, 5.74) is 1.44. The largest absolute Gasteiger partial charge is 0.316 e. The highest BCUT2D eigenvalue weighted by Gasteiger charge is 2.14. The van der Waals surface area contributed by atoms with E-state index in [0.717, 1.165) is 27.4 Å². The molecule has 29 heavy (non-hydrogen) atoms. The van der Waals surface area contributed by atoms with Crippen molar-refractivity contribution in [2.24, 2.45) is 4.99 Å². The Morgan fingerprint density at radius 2 is 1.83 bits per heavy atom. The molecule has 148 valence electrons. The molecular formula is C22H20N2O3S2. The smallest absolute Gasteiger partial charge is 0.280 e. The number of aromatic nitrogens is 1. The third kappa shape index (κ3) is 3.75. The van der Waals surface area contributed by atoms with Gasteiger partial charge >= 0.3 is 0 Å². The van der Waals surface area contributed by atoms with E-state index in [1.807, 2.05) is 41.0 Å². The standard InChI is InChI=1S/C22H20N2O3S2/c1-3-13-24-19-12-11-16(29(2,26)27)14-20(19)28-22(24)23-21(25)18-10-6-8-15-7-4-5-9-17(15)18/h4-12,14H,3,13H2,1-2H3. The second-order valence-corrected chi connectivity index (χ2v) is 9.91. The number of carbonyl (C=O) groups excluding carboxylic acids is 1. The van der Waals surface area contributed by atoms with E-state index < -0.39 is 9.84 Å². The molecule has 4 rings (SSSR count). The van der Waals surface area contributed by atoms with Crippen molar-refractivity contribution in [3.05, 3.63) is 71.0 Å². The van der Waals surface area contributed by atoms with Gasteiger partial charge in [-0.05, 0) is 41.5 Å². The molecule has 1 heterocycles. The maximum atomic E-state index is 13.0. The molecule has 0 saturated heterocycles. The molecule has 0 radical (unpaired) electrons. The topological polar surface area (TPSA) is 68.5 Å². The molecule has 0 aliphatic carbocycles. The van der Waals surface area contributed by atoms with Crippen LogP contribution in [0.1, 0.15) is 23.7 Å². The van der Waals surface area contributed by atoms with Crippen LogP contribution in [-0.4, -0.2) is 25.1 Å². The summed E-state index contributed by atoms with van der Waals surface area (Å²) in [6.07, 6.45) is 2.06. The summed E-state index contributed by atoms with van der Waals surface area (Å²) in [6.45, 7) is 2.75. The van der Waals surface area contributed by atoms with Gasteiger partial charge in [-0.2, -0.15) is 4.99 Å². The Balaban J connectivity index is 1.90. The number of sulfone groups is 1. The van der Waals surface area contributed by atoms with E-state index in [4.69, 9.17) is 0 Å². The van der Waals surface area contributed by atoms with Gasteiger partial charge in [-0.15, -0.1) is 0 Å². The lowest BCUT2D eigenvalue weighted by Gasteiger charge is -2.04. The summed E-state index contributed by atoms with van der Waals surface area (Å²) in [7, 11) is -3.30. The van der Waals surface area contributed by atoms with Gasteiger partial charge in [0.05, 0.1) is 15.1 Å². The number of thiazole rings is 1. The zero-order valence-corrected chi connectivity index (χ0v) is 17.8. The predicted molar refractivity (Wildman–Crippen MR) is 117 cm³/mol. The van der Waals surface area contributed by atoms with Crippen LogP contribution in [0, 0.1) is 0 Å². The summed E-state index contributed by atoms with van der Waals surface area (Å²) in [4.78, 5) is 18.3. The summed E-state index contributed by atoms with van der Waals surface area (Å²) < 4.78 is 26.6. The highest BCUT2D eigenvalue weighted by molar-refractivity contribution is 7.90. The molecule has 0 atom stereocenters. The molecule has 0 aliphatic rings. The molecule has 1 amide bonds. The van der Waals surface area contributed by atoms with Gasteiger partial charge in [0.25, 0.3) is 5.91 Å². The lowest BCUT2D eigenvalue weighted by molar-refractivity contribution is 0.0999. The van der Waals surface area contributed by atoms with E-state index in [-0.39, 0.29) is 10.8 Å². The monoisotopic (exact) mass is 424 g/mol. The number of aryl methyl sites for hydroxylation is 1. The van der Waals surface area contributed by atoms with Crippen LogP contribution >= 0.6 is 11.3 Å². The second-order valence-electron chi connectivity index (χ2n) is 6.88. The number of hydrogen-bond donors (Lipinski definition) is 0. The number of carbonyl (C=O) groups is 1. The first-order valence-corrected chi connectivity index (χ1v) is 12.0. The molecule has 0 saturated carbocycles. The zero-order chi connectivity index (χ0) is 20.6. The molecular weight excluding hydrogens is 404 g/mol. The Bertz CT molecular complexity index is 1410. The van der Waals surface area contributed by atoms with Crippen molar-refractivity contribution in [3.8, 4) is 0 Å². The van der Waals surface area contributed by atoms with Gasteiger partial charge < -0.3 is 4.57 Å². The first-order chi connectivity index (χ1) is 13.9. The Labute approximate surface area is 172 Å². The van der Waals surface area contributed by atoms with Crippen molar-refractivity contribution in [3.63, 3.8) is 0 Å². The molecule has 0 fully saturated rings. The molecule has 5 nitrogen and oxygen atoms in total. The Hall–Kier alpha value is -2.77. The molecule has 0 N–H and O–H groups in total. The minimum absolute atomic E-state index is 0.266. The van der Waals surface area contributed by atoms with Crippen LogP contribution in [0.25, 0.3) is 21.0 Å². The fraction of sp³-hybridized carbons (Fsp3) is 0.182. The van der Waals surface area contributed by atoms with Gasteiger partial charge in [-0.1, -0.05) is 54.7 Å². The highest BCUT2D eigenvalue weighted by Crippen LogP contribution is 2.23. The Morgan fingerprint density at radius 3 is 2.59 bits per heavy atom. The van der Waals surface area contributed by atoms with Crippen LogP contribution < -0.4 is 4.80 Å². The Kier molecular flexibility index (Phi) is 5.10. The van der Waals surface area contributed by atoms with Gasteiger partial charge in [-0.3, -0.25) is 4.79 Å². The van der Waals surface area contributed by atoms with Crippen LogP contribution in [0.4, 0.5) is 0 Å². The fourth-order valence-corrected chi connectivity index (χ4v) is 5.18. The van der Waals surface area contributed by atoms with Crippen LogP contribution in [0.5, 0.6) is 0 Å². The molecule has 0 aliphatic heterocycles. The van der Waals surface area contributed by atoms with E-state index in [9.17, 15) is 13.2 Å². The van der Waals surface area contributed by atoms with E-state index >= 15 is 0 Å². The number of fused-ring (bicyclic) bond motifs is 2. The quantitative estimate of drug-likeness (QED) is 0.487. The summed E-state index contributed by atoms with van der Waals surface area (Å²) >= 11 is 1.33. The lowest BCUT2D eigenvalue weighted by atomic mass is 10.0. The van der Waals surface area contributed by atoms with Crippen molar-refractivity contribution >= 4 is 48.1 Å². The van der Waals surface area contributed by atoms with Gasteiger partial charge in [-0.25, -0.2) is 8.42 Å². The highest BCUT2D eigenvalue weighted by atomic mass is 32.2. The van der Waals surface area contributed by atoms with Crippen molar-refractivity contribution in [2.45, 2.75) is 24.8 Å². The van der Waals surface area contributed by atoms with Gasteiger partial charge in [0.1, 0.15) is 0 Å². The third-order valence-electron chi connectivity index (χ3n) is 4.75. The summed E-state index contributed by atoms with van der Waals surface area (Å²) in [6, 6.07) is 18.4. The molecule has 7 heteroatoms. The number of amides is 1. The number of nitrogens with zero attached hydrogens (tertiary/aromatic N) is 2. The molecule has 0 unspecified atom stereocenters.